The van der Waals surface area contributed by atoms with E-state index in [-0.39, 0.29) is 0 Å². The molecule has 0 aliphatic heterocycles. The van der Waals surface area contributed by atoms with Crippen LogP contribution in [0.15, 0.2) is 29.5 Å². The molecule has 1 heterocycles. The van der Waals surface area contributed by atoms with E-state index in [1.54, 1.807) is 4.68 Å². The first-order valence-corrected chi connectivity index (χ1v) is 8.14. The van der Waals surface area contributed by atoms with Crippen LogP contribution < -0.4 is 15.4 Å². The van der Waals surface area contributed by atoms with E-state index >= 15 is 0 Å². The highest BCUT2D eigenvalue weighted by molar-refractivity contribution is 5.79. The van der Waals surface area contributed by atoms with Gasteiger partial charge >= 0.3 is 0 Å². The molecule has 0 atom stereocenters. The van der Waals surface area contributed by atoms with Gasteiger partial charge in [-0.3, -0.25) is 4.68 Å². The quantitative estimate of drug-likeness (QED) is 0.458. The molecule has 130 valence electrons. The fraction of sp³-hybridized carbons (Fsp3) is 0.471. The lowest BCUT2D eigenvalue weighted by Gasteiger charge is -2.12. The van der Waals surface area contributed by atoms with Crippen molar-refractivity contribution in [2.75, 3.05) is 19.7 Å². The normalized spacial score (nSPS) is 11.4. The smallest absolute Gasteiger partial charge is 0.191 e. The zero-order valence-electron chi connectivity index (χ0n) is 14.8. The molecule has 7 nitrogen and oxygen atoms in total. The predicted octanol–water partition coefficient (Wildman–Crippen LogP) is 1.57. The van der Waals surface area contributed by atoms with Crippen molar-refractivity contribution in [3.05, 3.63) is 41.5 Å². The van der Waals surface area contributed by atoms with Crippen molar-refractivity contribution in [2.24, 2.45) is 12.0 Å². The maximum absolute atomic E-state index is 5.79. The summed E-state index contributed by atoms with van der Waals surface area (Å²) in [6.07, 6.45) is 1.53. The number of guanidine groups is 1. The third kappa shape index (κ3) is 5.57. The van der Waals surface area contributed by atoms with Crippen LogP contribution in [0.5, 0.6) is 5.75 Å². The number of hydrogen-bond acceptors (Lipinski definition) is 4. The highest BCUT2D eigenvalue weighted by Crippen LogP contribution is 2.15. The second-order valence-electron chi connectivity index (χ2n) is 5.59. The maximum atomic E-state index is 5.79. The van der Waals surface area contributed by atoms with E-state index in [2.05, 4.69) is 45.6 Å². The van der Waals surface area contributed by atoms with Crippen LogP contribution >= 0.6 is 0 Å². The van der Waals surface area contributed by atoms with Crippen molar-refractivity contribution in [1.29, 1.82) is 0 Å². The van der Waals surface area contributed by atoms with Gasteiger partial charge in [0.15, 0.2) is 5.96 Å². The number of rotatable bonds is 7. The summed E-state index contributed by atoms with van der Waals surface area (Å²) in [6.45, 7) is 8.67. The summed E-state index contributed by atoms with van der Waals surface area (Å²) >= 11 is 0. The molecule has 0 bridgehead atoms. The molecular formula is C17H26N6O. The number of aromatic nitrogens is 3. The van der Waals surface area contributed by atoms with Gasteiger partial charge in [-0.05, 0) is 44.0 Å². The minimum atomic E-state index is 0.476. The van der Waals surface area contributed by atoms with Crippen LogP contribution in [0.4, 0.5) is 0 Å². The molecule has 24 heavy (non-hydrogen) atoms. The molecule has 0 radical (unpaired) electrons. The van der Waals surface area contributed by atoms with Gasteiger partial charge in [0, 0.05) is 13.6 Å². The van der Waals surface area contributed by atoms with Gasteiger partial charge in [-0.1, -0.05) is 6.07 Å². The molecule has 2 aromatic rings. The standard InChI is InChI=1S/C17H26N6O/c1-5-18-17(20-11-16-21-12-22-23(16)4)19-6-7-24-15-9-13(2)8-14(3)10-15/h8-10,12H,5-7,11H2,1-4H3,(H2,18,19,20). The first-order valence-electron chi connectivity index (χ1n) is 8.14. The number of hydrogen-bond donors (Lipinski definition) is 2. The SMILES string of the molecule is CCNC(=NCc1ncnn1C)NCCOc1cc(C)cc(C)c1. The Morgan fingerprint density at radius 3 is 2.58 bits per heavy atom. The molecule has 0 fully saturated rings. The molecule has 2 N–H and O–H groups in total. The predicted molar refractivity (Wildman–Crippen MR) is 95.2 cm³/mol. The van der Waals surface area contributed by atoms with E-state index in [0.29, 0.717) is 19.7 Å². The Hall–Kier alpha value is -2.57. The van der Waals surface area contributed by atoms with Gasteiger partial charge in [-0.25, -0.2) is 9.98 Å². The van der Waals surface area contributed by atoms with Gasteiger partial charge in [0.05, 0.1) is 6.54 Å². The zero-order valence-corrected chi connectivity index (χ0v) is 14.8. The van der Waals surface area contributed by atoms with Crippen molar-refractivity contribution in [3.8, 4) is 5.75 Å². The number of aryl methyl sites for hydroxylation is 3. The average molecular weight is 330 g/mol. The van der Waals surface area contributed by atoms with Gasteiger partial charge in [-0.2, -0.15) is 5.10 Å². The first kappa shape index (κ1) is 17.8. The Balaban J connectivity index is 1.81. The van der Waals surface area contributed by atoms with Crippen LogP contribution in [0.25, 0.3) is 0 Å². The second-order valence-corrected chi connectivity index (χ2v) is 5.59. The molecule has 1 aromatic carbocycles. The van der Waals surface area contributed by atoms with Crippen LogP contribution in [0, 0.1) is 13.8 Å². The number of nitrogens with one attached hydrogen (secondary N) is 2. The molecule has 1 aromatic heterocycles. The number of nitrogens with zero attached hydrogens (tertiary/aromatic N) is 4. The summed E-state index contributed by atoms with van der Waals surface area (Å²) in [5.41, 5.74) is 2.41. The monoisotopic (exact) mass is 330 g/mol. The molecule has 0 aliphatic carbocycles. The lowest BCUT2D eigenvalue weighted by atomic mass is 10.1. The van der Waals surface area contributed by atoms with Crippen molar-refractivity contribution in [3.63, 3.8) is 0 Å². The number of benzene rings is 1. The lowest BCUT2D eigenvalue weighted by molar-refractivity contribution is 0.321. The van der Waals surface area contributed by atoms with Gasteiger partial charge in [-0.15, -0.1) is 0 Å². The summed E-state index contributed by atoms with van der Waals surface area (Å²) in [7, 11) is 1.86. The Morgan fingerprint density at radius 1 is 1.21 bits per heavy atom. The minimum absolute atomic E-state index is 0.476. The second kappa shape index (κ2) is 8.90. The van der Waals surface area contributed by atoms with E-state index < -0.39 is 0 Å². The highest BCUT2D eigenvalue weighted by atomic mass is 16.5. The lowest BCUT2D eigenvalue weighted by Crippen LogP contribution is -2.39. The first-order chi connectivity index (χ1) is 11.6. The van der Waals surface area contributed by atoms with E-state index in [1.807, 2.05) is 26.1 Å². The molecular weight excluding hydrogens is 304 g/mol. The van der Waals surface area contributed by atoms with Crippen molar-refractivity contribution in [1.82, 2.24) is 25.4 Å². The summed E-state index contributed by atoms with van der Waals surface area (Å²) < 4.78 is 7.51. The van der Waals surface area contributed by atoms with Gasteiger partial charge in [0.25, 0.3) is 0 Å². The highest BCUT2D eigenvalue weighted by Gasteiger charge is 2.02. The van der Waals surface area contributed by atoms with E-state index in [4.69, 9.17) is 4.74 Å². The van der Waals surface area contributed by atoms with Crippen molar-refractivity contribution >= 4 is 5.96 Å². The molecule has 0 saturated heterocycles. The fourth-order valence-corrected chi connectivity index (χ4v) is 2.31. The van der Waals surface area contributed by atoms with Gasteiger partial charge < -0.3 is 15.4 Å². The topological polar surface area (TPSA) is 76.4 Å². The summed E-state index contributed by atoms with van der Waals surface area (Å²) in [4.78, 5) is 8.67. The van der Waals surface area contributed by atoms with Crippen LogP contribution in [-0.2, 0) is 13.6 Å². The Kier molecular flexibility index (Phi) is 6.60. The summed E-state index contributed by atoms with van der Waals surface area (Å²) in [5.74, 6) is 2.46. The van der Waals surface area contributed by atoms with E-state index in [1.165, 1.54) is 17.5 Å². The Morgan fingerprint density at radius 2 is 1.96 bits per heavy atom. The molecule has 7 heteroatoms. The van der Waals surface area contributed by atoms with E-state index in [0.717, 1.165) is 24.1 Å². The van der Waals surface area contributed by atoms with Crippen molar-refractivity contribution in [2.45, 2.75) is 27.3 Å². The summed E-state index contributed by atoms with van der Waals surface area (Å²) in [5, 5.41) is 10.5. The molecule has 0 saturated carbocycles. The minimum Gasteiger partial charge on any atom is -0.492 e. The largest absolute Gasteiger partial charge is 0.492 e. The number of ether oxygens (including phenoxy) is 1. The molecule has 0 unspecified atom stereocenters. The van der Waals surface area contributed by atoms with Gasteiger partial charge in [0.1, 0.15) is 31.1 Å². The maximum Gasteiger partial charge on any atom is 0.191 e. The van der Waals surface area contributed by atoms with Crippen LogP contribution in [0.2, 0.25) is 0 Å². The zero-order chi connectivity index (χ0) is 17.4. The fourth-order valence-electron chi connectivity index (χ4n) is 2.31. The van der Waals surface area contributed by atoms with Gasteiger partial charge in [0.2, 0.25) is 0 Å². The van der Waals surface area contributed by atoms with Crippen molar-refractivity contribution < 1.29 is 4.74 Å². The molecule has 0 amide bonds. The molecule has 0 aliphatic rings. The molecule has 2 rings (SSSR count). The van der Waals surface area contributed by atoms with Crippen LogP contribution in [-0.4, -0.2) is 40.4 Å². The molecule has 0 spiro atoms. The number of aliphatic imine (C=N–C) groups is 1. The van der Waals surface area contributed by atoms with Crippen LogP contribution in [0.1, 0.15) is 23.9 Å². The Labute approximate surface area is 143 Å². The third-order valence-corrected chi connectivity index (χ3v) is 3.39. The summed E-state index contributed by atoms with van der Waals surface area (Å²) in [6, 6.07) is 6.22. The van der Waals surface area contributed by atoms with E-state index in [9.17, 15) is 0 Å². The average Bonchev–Trinajstić information content (AvgIpc) is 2.93. The van der Waals surface area contributed by atoms with Crippen LogP contribution in [0.3, 0.4) is 0 Å². The third-order valence-electron chi connectivity index (χ3n) is 3.39. The Bertz CT molecular complexity index is 659.